The Kier molecular flexibility index (Phi) is 9.54. The maximum absolute atomic E-state index is 6.38. The van der Waals surface area contributed by atoms with Crippen molar-refractivity contribution in [3.8, 4) is 0 Å². The second-order valence-electron chi connectivity index (χ2n) is 6.65. The van der Waals surface area contributed by atoms with Crippen LogP contribution in [0.3, 0.4) is 0 Å². The van der Waals surface area contributed by atoms with Crippen molar-refractivity contribution in [2.45, 2.75) is 90.6 Å². The molecule has 0 atom stereocenters. The van der Waals surface area contributed by atoms with Crippen LogP contribution in [0.1, 0.15) is 85.0 Å². The fourth-order valence-electron chi connectivity index (χ4n) is 3.41. The van der Waals surface area contributed by atoms with E-state index in [0.29, 0.717) is 0 Å². The lowest BCUT2D eigenvalue weighted by molar-refractivity contribution is -0.0779. The largest absolute Gasteiger partial charge is 0.374 e. The van der Waals surface area contributed by atoms with Gasteiger partial charge in [0.1, 0.15) is 0 Å². The van der Waals surface area contributed by atoms with Crippen LogP contribution < -0.4 is 5.32 Å². The van der Waals surface area contributed by atoms with Crippen molar-refractivity contribution < 1.29 is 4.74 Å². The molecular weight excluding hydrogens is 246 g/mol. The third kappa shape index (κ3) is 6.58. The standard InChI is InChI=1S/C18H37NO/c1-4-7-8-15-20-18(16-19-14-6-3)12-10-17(9-5-2)11-13-18/h17,19H,4-16H2,1-3H3. The van der Waals surface area contributed by atoms with E-state index in [1.807, 2.05) is 0 Å². The number of nitrogens with one attached hydrogen (secondary N) is 1. The Morgan fingerprint density at radius 1 is 1.00 bits per heavy atom. The molecule has 0 amide bonds. The lowest BCUT2D eigenvalue weighted by atomic mass is 9.77. The van der Waals surface area contributed by atoms with Crippen LogP contribution in [-0.4, -0.2) is 25.3 Å². The van der Waals surface area contributed by atoms with E-state index in [9.17, 15) is 0 Å². The minimum absolute atomic E-state index is 0.146. The predicted molar refractivity (Wildman–Crippen MR) is 88.2 cm³/mol. The van der Waals surface area contributed by atoms with Crippen LogP contribution >= 0.6 is 0 Å². The van der Waals surface area contributed by atoms with Crippen LogP contribution in [0, 0.1) is 5.92 Å². The Labute approximate surface area is 127 Å². The van der Waals surface area contributed by atoms with Crippen LogP contribution in [0.2, 0.25) is 0 Å². The molecule has 0 heterocycles. The summed E-state index contributed by atoms with van der Waals surface area (Å²) in [6, 6.07) is 0. The SMILES string of the molecule is CCCCCOC1(CNCCC)CCC(CCC)CC1. The molecule has 0 aromatic rings. The molecule has 0 bridgehead atoms. The van der Waals surface area contributed by atoms with Gasteiger partial charge in [-0.05, 0) is 51.0 Å². The Morgan fingerprint density at radius 2 is 1.75 bits per heavy atom. The summed E-state index contributed by atoms with van der Waals surface area (Å²) in [5.74, 6) is 0.957. The van der Waals surface area contributed by atoms with Crippen LogP contribution in [0.25, 0.3) is 0 Å². The molecule has 20 heavy (non-hydrogen) atoms. The molecule has 1 N–H and O–H groups in total. The van der Waals surface area contributed by atoms with Crippen LogP contribution in [-0.2, 0) is 4.74 Å². The summed E-state index contributed by atoms with van der Waals surface area (Å²) in [4.78, 5) is 0. The summed E-state index contributed by atoms with van der Waals surface area (Å²) in [6.45, 7) is 9.95. The highest BCUT2D eigenvalue weighted by atomic mass is 16.5. The van der Waals surface area contributed by atoms with Crippen molar-refractivity contribution in [1.29, 1.82) is 0 Å². The maximum atomic E-state index is 6.38. The van der Waals surface area contributed by atoms with Crippen LogP contribution in [0.5, 0.6) is 0 Å². The molecule has 1 rings (SSSR count). The van der Waals surface area contributed by atoms with E-state index in [1.54, 1.807) is 0 Å². The lowest BCUT2D eigenvalue weighted by Crippen LogP contribution is -2.46. The molecule has 0 aromatic carbocycles. The average Bonchev–Trinajstić information content (AvgIpc) is 2.47. The monoisotopic (exact) mass is 283 g/mol. The summed E-state index contributed by atoms with van der Waals surface area (Å²) in [5.41, 5.74) is 0.146. The maximum Gasteiger partial charge on any atom is 0.0806 e. The molecule has 0 aromatic heterocycles. The minimum atomic E-state index is 0.146. The van der Waals surface area contributed by atoms with Gasteiger partial charge in [0.25, 0.3) is 0 Å². The second-order valence-corrected chi connectivity index (χ2v) is 6.65. The van der Waals surface area contributed by atoms with E-state index >= 15 is 0 Å². The molecular formula is C18H37NO. The number of unbranched alkanes of at least 4 members (excludes halogenated alkanes) is 2. The van der Waals surface area contributed by atoms with E-state index in [2.05, 4.69) is 26.1 Å². The third-order valence-corrected chi connectivity index (χ3v) is 4.74. The Balaban J connectivity index is 2.39. The van der Waals surface area contributed by atoms with Gasteiger partial charge in [-0.3, -0.25) is 0 Å². The van der Waals surface area contributed by atoms with Crippen molar-refractivity contribution in [2.75, 3.05) is 19.7 Å². The smallest absolute Gasteiger partial charge is 0.0806 e. The first-order valence-electron chi connectivity index (χ1n) is 9.11. The fraction of sp³-hybridized carbons (Fsp3) is 1.00. The highest BCUT2D eigenvalue weighted by molar-refractivity contribution is 4.89. The van der Waals surface area contributed by atoms with E-state index in [1.165, 1.54) is 64.2 Å². The molecule has 2 nitrogen and oxygen atoms in total. The minimum Gasteiger partial charge on any atom is -0.374 e. The quantitative estimate of drug-likeness (QED) is 0.543. The lowest BCUT2D eigenvalue weighted by Gasteiger charge is -2.40. The number of rotatable bonds is 11. The zero-order chi connectivity index (χ0) is 14.7. The van der Waals surface area contributed by atoms with Crippen LogP contribution in [0.4, 0.5) is 0 Å². The van der Waals surface area contributed by atoms with Gasteiger partial charge in [0.15, 0.2) is 0 Å². The Morgan fingerprint density at radius 3 is 2.35 bits per heavy atom. The molecule has 120 valence electrons. The van der Waals surface area contributed by atoms with E-state index < -0.39 is 0 Å². The van der Waals surface area contributed by atoms with E-state index in [0.717, 1.165) is 25.6 Å². The summed E-state index contributed by atoms with van der Waals surface area (Å²) in [6.07, 6.45) is 13.0. The van der Waals surface area contributed by atoms with Gasteiger partial charge in [-0.25, -0.2) is 0 Å². The van der Waals surface area contributed by atoms with Crippen molar-refractivity contribution in [3.63, 3.8) is 0 Å². The number of ether oxygens (including phenoxy) is 1. The molecule has 1 aliphatic rings. The summed E-state index contributed by atoms with van der Waals surface area (Å²) in [7, 11) is 0. The molecule has 0 spiro atoms. The highest BCUT2D eigenvalue weighted by Gasteiger charge is 2.35. The summed E-state index contributed by atoms with van der Waals surface area (Å²) < 4.78 is 6.38. The van der Waals surface area contributed by atoms with E-state index in [4.69, 9.17) is 4.74 Å². The third-order valence-electron chi connectivity index (χ3n) is 4.74. The molecule has 0 saturated heterocycles. The first-order valence-corrected chi connectivity index (χ1v) is 9.11. The normalized spacial score (nSPS) is 26.9. The molecule has 1 fully saturated rings. The molecule has 2 heteroatoms. The Bertz CT molecular complexity index is 216. The second kappa shape index (κ2) is 10.6. The zero-order valence-electron chi connectivity index (χ0n) is 14.2. The molecule has 0 unspecified atom stereocenters. The first-order chi connectivity index (χ1) is 9.76. The first kappa shape index (κ1) is 18.0. The van der Waals surface area contributed by atoms with Gasteiger partial charge in [0.2, 0.25) is 0 Å². The van der Waals surface area contributed by atoms with E-state index in [-0.39, 0.29) is 5.60 Å². The number of hydrogen-bond donors (Lipinski definition) is 1. The van der Waals surface area contributed by atoms with Crippen molar-refractivity contribution in [3.05, 3.63) is 0 Å². The molecule has 1 saturated carbocycles. The van der Waals surface area contributed by atoms with Gasteiger partial charge in [0.05, 0.1) is 5.60 Å². The topological polar surface area (TPSA) is 21.3 Å². The predicted octanol–water partition coefficient (Wildman–Crippen LogP) is 4.92. The summed E-state index contributed by atoms with van der Waals surface area (Å²) in [5, 5.41) is 3.61. The average molecular weight is 284 g/mol. The number of hydrogen-bond acceptors (Lipinski definition) is 2. The summed E-state index contributed by atoms with van der Waals surface area (Å²) >= 11 is 0. The molecule has 1 aliphatic carbocycles. The zero-order valence-corrected chi connectivity index (χ0v) is 14.2. The van der Waals surface area contributed by atoms with Gasteiger partial charge in [-0.15, -0.1) is 0 Å². The fourth-order valence-corrected chi connectivity index (χ4v) is 3.41. The van der Waals surface area contributed by atoms with Gasteiger partial charge >= 0.3 is 0 Å². The van der Waals surface area contributed by atoms with Crippen molar-refractivity contribution in [2.24, 2.45) is 5.92 Å². The van der Waals surface area contributed by atoms with Crippen molar-refractivity contribution in [1.82, 2.24) is 5.32 Å². The van der Waals surface area contributed by atoms with Gasteiger partial charge in [-0.1, -0.05) is 46.5 Å². The van der Waals surface area contributed by atoms with Gasteiger partial charge in [0, 0.05) is 13.2 Å². The van der Waals surface area contributed by atoms with Gasteiger partial charge in [-0.2, -0.15) is 0 Å². The molecule has 0 radical (unpaired) electrons. The Hall–Kier alpha value is -0.0800. The van der Waals surface area contributed by atoms with Gasteiger partial charge < -0.3 is 10.1 Å². The van der Waals surface area contributed by atoms with Crippen LogP contribution in [0.15, 0.2) is 0 Å². The van der Waals surface area contributed by atoms with Crippen molar-refractivity contribution >= 4 is 0 Å². The highest BCUT2D eigenvalue weighted by Crippen LogP contribution is 2.36. The molecule has 0 aliphatic heterocycles.